The highest BCUT2D eigenvalue weighted by atomic mass is 35.5. The molecule has 0 heterocycles. The van der Waals surface area contributed by atoms with Crippen LogP contribution in [0.2, 0.25) is 10.0 Å². The van der Waals surface area contributed by atoms with Crippen LogP contribution in [0.1, 0.15) is 17.2 Å². The smallest absolute Gasteiger partial charge is 0.104 e. The lowest BCUT2D eigenvalue weighted by Gasteiger charge is -2.11. The van der Waals surface area contributed by atoms with Gasteiger partial charge in [0.2, 0.25) is 0 Å². The van der Waals surface area contributed by atoms with Crippen molar-refractivity contribution in [2.45, 2.75) is 6.10 Å². The van der Waals surface area contributed by atoms with Gasteiger partial charge in [-0.2, -0.15) is 0 Å². The minimum absolute atomic E-state index is 0.616. The van der Waals surface area contributed by atoms with Gasteiger partial charge in [-0.3, -0.25) is 0 Å². The van der Waals surface area contributed by atoms with Gasteiger partial charge in [0.05, 0.1) is 0 Å². The Morgan fingerprint density at radius 3 is 2.12 bits per heavy atom. The fourth-order valence-corrected chi connectivity index (χ4v) is 1.84. The van der Waals surface area contributed by atoms with Gasteiger partial charge in [0, 0.05) is 10.0 Å². The quantitative estimate of drug-likeness (QED) is 0.855. The monoisotopic (exact) mass is 252 g/mol. The molecule has 2 aromatic rings. The lowest BCUT2D eigenvalue weighted by Crippen LogP contribution is -1.98. The Morgan fingerprint density at radius 1 is 0.812 bits per heavy atom. The van der Waals surface area contributed by atoms with Gasteiger partial charge in [0.15, 0.2) is 0 Å². The molecule has 0 aliphatic heterocycles. The minimum Gasteiger partial charge on any atom is -0.384 e. The van der Waals surface area contributed by atoms with Crippen molar-refractivity contribution < 1.29 is 5.11 Å². The molecule has 0 spiro atoms. The molecule has 0 aliphatic rings. The third kappa shape index (κ3) is 2.56. The maximum atomic E-state index is 10.1. The summed E-state index contributed by atoms with van der Waals surface area (Å²) in [6.45, 7) is 0. The molecule has 1 atom stereocenters. The van der Waals surface area contributed by atoms with E-state index in [-0.39, 0.29) is 0 Å². The van der Waals surface area contributed by atoms with Crippen molar-refractivity contribution in [1.29, 1.82) is 0 Å². The molecule has 2 aromatic carbocycles. The van der Waals surface area contributed by atoms with Crippen molar-refractivity contribution in [2.75, 3.05) is 0 Å². The van der Waals surface area contributed by atoms with E-state index in [4.69, 9.17) is 23.2 Å². The fraction of sp³-hybridized carbons (Fsp3) is 0.0769. The summed E-state index contributed by atoms with van der Waals surface area (Å²) in [6.07, 6.45) is -0.670. The maximum absolute atomic E-state index is 10.1. The van der Waals surface area contributed by atoms with Crippen LogP contribution in [0, 0.1) is 0 Å². The van der Waals surface area contributed by atoms with Gasteiger partial charge in [-0.1, -0.05) is 47.5 Å². The Labute approximate surface area is 104 Å². The van der Waals surface area contributed by atoms with Crippen molar-refractivity contribution >= 4 is 23.2 Å². The molecule has 16 heavy (non-hydrogen) atoms. The molecule has 0 unspecified atom stereocenters. The second kappa shape index (κ2) is 4.88. The third-order valence-electron chi connectivity index (χ3n) is 2.35. The van der Waals surface area contributed by atoms with E-state index in [1.165, 1.54) is 0 Å². The van der Waals surface area contributed by atoms with E-state index in [1.54, 1.807) is 36.4 Å². The normalized spacial score (nSPS) is 12.4. The van der Waals surface area contributed by atoms with Crippen molar-refractivity contribution in [3.8, 4) is 0 Å². The largest absolute Gasteiger partial charge is 0.384 e. The van der Waals surface area contributed by atoms with Crippen LogP contribution in [-0.4, -0.2) is 5.11 Å². The highest BCUT2D eigenvalue weighted by Gasteiger charge is 2.10. The summed E-state index contributed by atoms with van der Waals surface area (Å²) in [5.74, 6) is 0. The second-order valence-corrected chi connectivity index (χ2v) is 4.38. The van der Waals surface area contributed by atoms with Crippen molar-refractivity contribution in [3.05, 3.63) is 69.7 Å². The maximum Gasteiger partial charge on any atom is 0.104 e. The summed E-state index contributed by atoms with van der Waals surface area (Å²) >= 11 is 11.7. The second-order valence-electron chi connectivity index (χ2n) is 3.51. The number of rotatable bonds is 2. The van der Waals surface area contributed by atoms with Crippen molar-refractivity contribution in [1.82, 2.24) is 0 Å². The number of hydrogen-bond donors (Lipinski definition) is 1. The van der Waals surface area contributed by atoms with Crippen molar-refractivity contribution in [2.24, 2.45) is 0 Å². The minimum atomic E-state index is -0.670. The molecule has 0 bridgehead atoms. The Kier molecular flexibility index (Phi) is 3.49. The predicted octanol–water partition coefficient (Wildman–Crippen LogP) is 4.08. The van der Waals surface area contributed by atoms with Crippen LogP contribution in [0.25, 0.3) is 0 Å². The average molecular weight is 253 g/mol. The van der Waals surface area contributed by atoms with E-state index in [2.05, 4.69) is 0 Å². The Bertz CT molecular complexity index is 480. The molecule has 0 radical (unpaired) electrons. The van der Waals surface area contributed by atoms with Gasteiger partial charge in [0.1, 0.15) is 6.10 Å². The first-order chi connectivity index (χ1) is 7.66. The van der Waals surface area contributed by atoms with Gasteiger partial charge in [0.25, 0.3) is 0 Å². The van der Waals surface area contributed by atoms with Crippen molar-refractivity contribution in [3.63, 3.8) is 0 Å². The topological polar surface area (TPSA) is 20.2 Å². The standard InChI is InChI=1S/C13H10Cl2O/c14-11-6-4-9(5-7-11)13(16)10-2-1-3-12(15)8-10/h1-8,13,16H/t13-/m1/s1. The Hall–Kier alpha value is -1.02. The number of benzene rings is 2. The van der Waals surface area contributed by atoms with E-state index >= 15 is 0 Å². The Morgan fingerprint density at radius 2 is 1.50 bits per heavy atom. The molecule has 82 valence electrons. The molecular formula is C13H10Cl2O. The van der Waals surface area contributed by atoms with Gasteiger partial charge >= 0.3 is 0 Å². The third-order valence-corrected chi connectivity index (χ3v) is 2.84. The summed E-state index contributed by atoms with van der Waals surface area (Å²) < 4.78 is 0. The van der Waals surface area contributed by atoms with Crippen LogP contribution in [0.15, 0.2) is 48.5 Å². The summed E-state index contributed by atoms with van der Waals surface area (Å²) in [4.78, 5) is 0. The fourth-order valence-electron chi connectivity index (χ4n) is 1.51. The zero-order valence-electron chi connectivity index (χ0n) is 8.40. The molecule has 3 heteroatoms. The van der Waals surface area contributed by atoms with Gasteiger partial charge < -0.3 is 5.11 Å². The molecular weight excluding hydrogens is 243 g/mol. The molecule has 1 N–H and O–H groups in total. The lowest BCUT2D eigenvalue weighted by molar-refractivity contribution is 0.220. The molecule has 0 amide bonds. The molecule has 0 saturated heterocycles. The van der Waals surface area contributed by atoms with E-state index in [9.17, 15) is 5.11 Å². The summed E-state index contributed by atoms with van der Waals surface area (Å²) in [5, 5.41) is 11.4. The zero-order chi connectivity index (χ0) is 11.5. The highest BCUT2D eigenvalue weighted by Crippen LogP contribution is 2.25. The van der Waals surface area contributed by atoms with E-state index < -0.39 is 6.10 Å². The molecule has 0 fully saturated rings. The zero-order valence-corrected chi connectivity index (χ0v) is 9.91. The number of hydrogen-bond acceptors (Lipinski definition) is 1. The van der Waals surface area contributed by atoms with E-state index in [0.717, 1.165) is 11.1 Å². The summed E-state index contributed by atoms with van der Waals surface area (Å²) in [5.41, 5.74) is 1.57. The van der Waals surface area contributed by atoms with Crippen LogP contribution < -0.4 is 0 Å². The molecule has 0 aromatic heterocycles. The van der Waals surface area contributed by atoms with Crippen LogP contribution in [0.5, 0.6) is 0 Å². The number of aliphatic hydroxyl groups is 1. The number of aliphatic hydroxyl groups excluding tert-OH is 1. The van der Waals surface area contributed by atoms with Gasteiger partial charge in [-0.15, -0.1) is 0 Å². The van der Waals surface area contributed by atoms with Crippen LogP contribution in [0.4, 0.5) is 0 Å². The average Bonchev–Trinajstić information content (AvgIpc) is 2.29. The predicted molar refractivity (Wildman–Crippen MR) is 67.0 cm³/mol. The molecule has 0 saturated carbocycles. The number of halogens is 2. The van der Waals surface area contributed by atoms with Crippen LogP contribution in [0.3, 0.4) is 0 Å². The lowest BCUT2D eigenvalue weighted by atomic mass is 10.0. The van der Waals surface area contributed by atoms with Gasteiger partial charge in [-0.25, -0.2) is 0 Å². The first-order valence-electron chi connectivity index (χ1n) is 4.86. The highest BCUT2D eigenvalue weighted by molar-refractivity contribution is 6.30. The van der Waals surface area contributed by atoms with Gasteiger partial charge in [-0.05, 0) is 35.4 Å². The summed E-state index contributed by atoms with van der Waals surface area (Å²) in [6, 6.07) is 14.3. The first-order valence-corrected chi connectivity index (χ1v) is 5.61. The Balaban J connectivity index is 2.31. The first kappa shape index (κ1) is 11.5. The van der Waals surface area contributed by atoms with E-state index in [1.807, 2.05) is 12.1 Å². The van der Waals surface area contributed by atoms with Crippen LogP contribution >= 0.6 is 23.2 Å². The molecule has 1 nitrogen and oxygen atoms in total. The molecule has 0 aliphatic carbocycles. The van der Waals surface area contributed by atoms with Crippen LogP contribution in [-0.2, 0) is 0 Å². The molecule has 2 rings (SSSR count). The SMILES string of the molecule is O[C@H](c1ccc(Cl)cc1)c1cccc(Cl)c1. The summed E-state index contributed by atoms with van der Waals surface area (Å²) in [7, 11) is 0. The van der Waals surface area contributed by atoms with E-state index in [0.29, 0.717) is 10.0 Å².